The molecule has 7 nitrogen and oxygen atoms in total. The number of thiazole rings is 1. The van der Waals surface area contributed by atoms with Gasteiger partial charge in [0, 0.05) is 5.56 Å². The zero-order chi connectivity index (χ0) is 29.0. The van der Waals surface area contributed by atoms with Crippen LogP contribution < -0.4 is 24.4 Å². The van der Waals surface area contributed by atoms with Gasteiger partial charge in [-0.15, -0.1) is 6.58 Å². The molecule has 2 aromatic carbocycles. The number of esters is 1. The highest BCUT2D eigenvalue weighted by Gasteiger charge is 2.33. The number of carbonyl (C=O) groups excluding carboxylic acids is 1. The third kappa shape index (κ3) is 5.68. The first-order chi connectivity index (χ1) is 19.2. The van der Waals surface area contributed by atoms with Gasteiger partial charge in [0.2, 0.25) is 0 Å². The van der Waals surface area contributed by atoms with E-state index in [4.69, 9.17) is 14.2 Å². The van der Waals surface area contributed by atoms with Crippen molar-refractivity contribution in [3.63, 3.8) is 0 Å². The highest BCUT2D eigenvalue weighted by Crippen LogP contribution is 2.34. The van der Waals surface area contributed by atoms with Crippen molar-refractivity contribution in [1.82, 2.24) is 4.57 Å². The molecule has 1 aromatic heterocycles. The SMILES string of the molecule is C=CCc1cc(/C=c2/sc3n(c2=O)[C@@H](c2ccc(C(C)C)cc2)C(C(=O)OCC)=C(C)N=3)cc(OCC)c1OC. The molecular weight excluding hydrogens is 524 g/mol. The Balaban J connectivity index is 1.93. The molecule has 2 heterocycles. The maximum atomic E-state index is 14.0. The highest BCUT2D eigenvalue weighted by molar-refractivity contribution is 7.07. The number of rotatable bonds is 10. The van der Waals surface area contributed by atoms with Crippen LogP contribution in [-0.4, -0.2) is 30.9 Å². The average molecular weight is 561 g/mol. The molecular formula is C32H36N2O5S. The van der Waals surface area contributed by atoms with E-state index in [1.54, 1.807) is 31.6 Å². The molecule has 1 atom stereocenters. The highest BCUT2D eigenvalue weighted by atomic mass is 32.1. The zero-order valence-corrected chi connectivity index (χ0v) is 24.8. The molecule has 0 amide bonds. The Labute approximate surface area is 238 Å². The van der Waals surface area contributed by atoms with Crippen LogP contribution in [0.15, 0.2) is 70.1 Å². The number of nitrogens with zero attached hydrogens (tertiary/aromatic N) is 2. The molecule has 1 aliphatic rings. The van der Waals surface area contributed by atoms with Crippen LogP contribution in [0.25, 0.3) is 6.08 Å². The fourth-order valence-corrected chi connectivity index (χ4v) is 5.94. The molecule has 0 N–H and O–H groups in total. The number of hydrogen-bond donors (Lipinski definition) is 0. The summed E-state index contributed by atoms with van der Waals surface area (Å²) in [6.07, 6.45) is 4.22. The van der Waals surface area contributed by atoms with Crippen molar-refractivity contribution in [2.45, 2.75) is 53.0 Å². The molecule has 3 aromatic rings. The molecule has 0 saturated heterocycles. The number of ether oxygens (including phenoxy) is 3. The van der Waals surface area contributed by atoms with E-state index in [0.29, 0.717) is 51.0 Å². The Morgan fingerprint density at radius 2 is 1.90 bits per heavy atom. The first-order valence-corrected chi connectivity index (χ1v) is 14.3. The van der Waals surface area contributed by atoms with Crippen LogP contribution in [0.2, 0.25) is 0 Å². The van der Waals surface area contributed by atoms with Crippen LogP contribution in [0.1, 0.15) is 68.8 Å². The molecule has 40 heavy (non-hydrogen) atoms. The minimum Gasteiger partial charge on any atom is -0.493 e. The Kier molecular flexibility index (Phi) is 9.10. The van der Waals surface area contributed by atoms with E-state index in [1.807, 2.05) is 49.4 Å². The Bertz CT molecular complexity index is 1630. The van der Waals surface area contributed by atoms with Crippen molar-refractivity contribution in [3.8, 4) is 11.5 Å². The third-order valence-electron chi connectivity index (χ3n) is 6.76. The largest absolute Gasteiger partial charge is 0.493 e. The summed E-state index contributed by atoms with van der Waals surface area (Å²) in [6.45, 7) is 14.3. The van der Waals surface area contributed by atoms with Crippen LogP contribution in [-0.2, 0) is 16.0 Å². The van der Waals surface area contributed by atoms with Gasteiger partial charge >= 0.3 is 5.97 Å². The first kappa shape index (κ1) is 29.1. The molecule has 0 unspecified atom stereocenters. The Hall–Kier alpha value is -3.91. The summed E-state index contributed by atoms with van der Waals surface area (Å²) in [4.78, 5) is 32.4. The lowest BCUT2D eigenvalue weighted by Gasteiger charge is -2.25. The molecule has 0 radical (unpaired) electrons. The Morgan fingerprint density at radius 3 is 2.50 bits per heavy atom. The number of carbonyl (C=O) groups is 1. The summed E-state index contributed by atoms with van der Waals surface area (Å²) in [5, 5.41) is 0. The minimum absolute atomic E-state index is 0.227. The minimum atomic E-state index is -0.648. The van der Waals surface area contributed by atoms with Crippen LogP contribution >= 0.6 is 11.3 Å². The monoisotopic (exact) mass is 560 g/mol. The molecule has 210 valence electrons. The van der Waals surface area contributed by atoms with E-state index in [2.05, 4.69) is 25.4 Å². The summed E-state index contributed by atoms with van der Waals surface area (Å²) in [6, 6.07) is 11.2. The van der Waals surface area contributed by atoms with E-state index < -0.39 is 12.0 Å². The van der Waals surface area contributed by atoms with Crippen molar-refractivity contribution in [2.75, 3.05) is 20.3 Å². The molecule has 0 bridgehead atoms. The number of fused-ring (bicyclic) bond motifs is 1. The lowest BCUT2D eigenvalue weighted by molar-refractivity contribution is -0.139. The second kappa shape index (κ2) is 12.5. The van der Waals surface area contributed by atoms with Gasteiger partial charge in [-0.25, -0.2) is 9.79 Å². The summed E-state index contributed by atoms with van der Waals surface area (Å²) >= 11 is 1.29. The maximum Gasteiger partial charge on any atom is 0.338 e. The van der Waals surface area contributed by atoms with Crippen molar-refractivity contribution < 1.29 is 19.0 Å². The predicted molar refractivity (Wildman–Crippen MR) is 159 cm³/mol. The molecule has 0 saturated carbocycles. The molecule has 4 rings (SSSR count). The van der Waals surface area contributed by atoms with E-state index in [-0.39, 0.29) is 12.2 Å². The van der Waals surface area contributed by atoms with Crippen molar-refractivity contribution in [2.24, 2.45) is 4.99 Å². The van der Waals surface area contributed by atoms with Crippen LogP contribution in [0, 0.1) is 0 Å². The lowest BCUT2D eigenvalue weighted by atomic mass is 9.93. The fraction of sp³-hybridized carbons (Fsp3) is 0.344. The fourth-order valence-electron chi connectivity index (χ4n) is 4.89. The molecule has 1 aliphatic heterocycles. The van der Waals surface area contributed by atoms with E-state index in [1.165, 1.54) is 16.9 Å². The second-order valence-corrected chi connectivity index (χ2v) is 10.8. The third-order valence-corrected chi connectivity index (χ3v) is 7.74. The second-order valence-electron chi connectivity index (χ2n) is 9.76. The van der Waals surface area contributed by atoms with Gasteiger partial charge in [0.05, 0.1) is 42.2 Å². The quantitative estimate of drug-likeness (QED) is 0.256. The number of allylic oxidation sites excluding steroid dienone is 2. The number of benzene rings is 2. The van der Waals surface area contributed by atoms with E-state index in [0.717, 1.165) is 16.7 Å². The smallest absolute Gasteiger partial charge is 0.338 e. The lowest BCUT2D eigenvalue weighted by Crippen LogP contribution is -2.39. The van der Waals surface area contributed by atoms with Gasteiger partial charge in [-0.3, -0.25) is 9.36 Å². The normalized spacial score (nSPS) is 15.1. The van der Waals surface area contributed by atoms with Crippen molar-refractivity contribution in [3.05, 3.63) is 102 Å². The number of hydrogen-bond acceptors (Lipinski definition) is 7. The summed E-state index contributed by atoms with van der Waals surface area (Å²) < 4.78 is 19.0. The predicted octanol–water partition coefficient (Wildman–Crippen LogP) is 5.06. The van der Waals surface area contributed by atoms with E-state index in [9.17, 15) is 9.59 Å². The number of aromatic nitrogens is 1. The van der Waals surface area contributed by atoms with Gasteiger partial charge in [0.1, 0.15) is 0 Å². The van der Waals surface area contributed by atoms with Gasteiger partial charge in [0.25, 0.3) is 5.56 Å². The van der Waals surface area contributed by atoms with Crippen LogP contribution in [0.5, 0.6) is 11.5 Å². The summed E-state index contributed by atoms with van der Waals surface area (Å²) in [5.74, 6) is 1.14. The number of methoxy groups -OCH3 is 1. The van der Waals surface area contributed by atoms with Gasteiger partial charge in [0.15, 0.2) is 16.3 Å². The van der Waals surface area contributed by atoms with Gasteiger partial charge in [-0.05, 0) is 68.0 Å². The van der Waals surface area contributed by atoms with Gasteiger partial charge < -0.3 is 14.2 Å². The van der Waals surface area contributed by atoms with Crippen LogP contribution in [0.4, 0.5) is 0 Å². The zero-order valence-electron chi connectivity index (χ0n) is 23.9. The van der Waals surface area contributed by atoms with Crippen LogP contribution in [0.3, 0.4) is 0 Å². The molecule has 0 fully saturated rings. The summed E-state index contributed by atoms with van der Waals surface area (Å²) in [7, 11) is 1.61. The topological polar surface area (TPSA) is 79.1 Å². The summed E-state index contributed by atoms with van der Waals surface area (Å²) in [5.41, 5.74) is 4.39. The Morgan fingerprint density at radius 1 is 1.18 bits per heavy atom. The molecule has 0 spiro atoms. The van der Waals surface area contributed by atoms with Gasteiger partial charge in [-0.1, -0.05) is 55.5 Å². The average Bonchev–Trinajstić information content (AvgIpc) is 3.22. The van der Waals surface area contributed by atoms with Crippen molar-refractivity contribution >= 4 is 23.4 Å². The van der Waals surface area contributed by atoms with Crippen molar-refractivity contribution in [1.29, 1.82) is 0 Å². The first-order valence-electron chi connectivity index (χ1n) is 13.5. The standard InChI is InChI=1S/C32H36N2O5S/c1-8-11-24-16-21(17-25(38-9-2)29(24)37-7)18-26-30(35)34-28(23-14-12-22(13-15-23)19(4)5)27(31(36)39-10-3)20(6)33-32(34)40-26/h8,12-19,28H,1,9-11H2,2-7H3/b26-18+/t28-/m0/s1. The molecule has 8 heteroatoms. The van der Waals surface area contributed by atoms with E-state index >= 15 is 0 Å². The van der Waals surface area contributed by atoms with Gasteiger partial charge in [-0.2, -0.15) is 0 Å². The maximum absolute atomic E-state index is 14.0. The molecule has 0 aliphatic carbocycles.